The number of halogens is 1. The first kappa shape index (κ1) is 18.4. The van der Waals surface area contributed by atoms with Gasteiger partial charge in [-0.15, -0.1) is 0 Å². The van der Waals surface area contributed by atoms with E-state index in [1.54, 1.807) is 12.1 Å². The Hall–Kier alpha value is -2.92. The molecule has 1 aromatic heterocycles. The summed E-state index contributed by atoms with van der Waals surface area (Å²) in [6, 6.07) is 15.0. The summed E-state index contributed by atoms with van der Waals surface area (Å²) in [5.74, 6) is -0.321. The number of fused-ring (bicyclic) bond motifs is 1. The lowest BCUT2D eigenvalue weighted by Gasteiger charge is -2.31. The Bertz CT molecular complexity index is 1000. The summed E-state index contributed by atoms with van der Waals surface area (Å²) < 4.78 is 19.6. The number of furan rings is 1. The molecule has 2 heterocycles. The number of carbonyl (C=O) groups is 1. The highest BCUT2D eigenvalue weighted by atomic mass is 19.1. The third kappa shape index (κ3) is 3.71. The average molecular weight is 379 g/mol. The van der Waals surface area contributed by atoms with Crippen molar-refractivity contribution in [2.24, 2.45) is 0 Å². The van der Waals surface area contributed by atoms with Crippen molar-refractivity contribution in [2.45, 2.75) is 6.92 Å². The van der Waals surface area contributed by atoms with Crippen LogP contribution in [0.25, 0.3) is 17.0 Å². The number of piperazine rings is 1. The zero-order valence-corrected chi connectivity index (χ0v) is 16.0. The van der Waals surface area contributed by atoms with E-state index in [0.29, 0.717) is 24.0 Å². The number of aryl methyl sites for hydroxylation is 1. The SMILES string of the molecule is Cc1c(C(=O)N2CC[NH+](C/C=C/c3ccccc3)CC2)oc2c(F)cccc12. The number of quaternary nitrogens is 1. The molecule has 3 aromatic rings. The number of hydrogen-bond donors (Lipinski definition) is 1. The Balaban J connectivity index is 1.37. The van der Waals surface area contributed by atoms with Crippen molar-refractivity contribution in [3.8, 4) is 0 Å². The molecule has 0 saturated carbocycles. The molecule has 1 N–H and O–H groups in total. The Morgan fingerprint density at radius 3 is 2.61 bits per heavy atom. The van der Waals surface area contributed by atoms with Gasteiger partial charge < -0.3 is 14.2 Å². The molecule has 0 bridgehead atoms. The number of rotatable bonds is 4. The number of hydrogen-bond acceptors (Lipinski definition) is 2. The topological polar surface area (TPSA) is 37.9 Å². The van der Waals surface area contributed by atoms with Crippen molar-refractivity contribution in [1.82, 2.24) is 4.90 Å². The van der Waals surface area contributed by atoms with Crippen LogP contribution in [0.2, 0.25) is 0 Å². The fourth-order valence-electron chi connectivity index (χ4n) is 3.71. The quantitative estimate of drug-likeness (QED) is 0.757. The van der Waals surface area contributed by atoms with Gasteiger partial charge in [-0.05, 0) is 24.6 Å². The maximum Gasteiger partial charge on any atom is 0.290 e. The van der Waals surface area contributed by atoms with Crippen LogP contribution >= 0.6 is 0 Å². The van der Waals surface area contributed by atoms with Crippen LogP contribution in [0.1, 0.15) is 21.7 Å². The standard InChI is InChI=1S/C23H23FN2O2/c1-17-19-10-5-11-20(24)22(19)28-21(17)23(27)26-15-13-25(14-16-26)12-6-9-18-7-3-2-4-8-18/h2-11H,12-16H2,1H3/p+1/b9-6+. The van der Waals surface area contributed by atoms with Crippen molar-refractivity contribution in [3.63, 3.8) is 0 Å². The molecule has 28 heavy (non-hydrogen) atoms. The minimum atomic E-state index is -0.431. The third-order valence-corrected chi connectivity index (χ3v) is 5.38. The average Bonchev–Trinajstić information content (AvgIpc) is 3.07. The van der Waals surface area contributed by atoms with Crippen LogP contribution in [-0.4, -0.2) is 43.5 Å². The predicted molar refractivity (Wildman–Crippen MR) is 108 cm³/mol. The molecule has 0 atom stereocenters. The first-order chi connectivity index (χ1) is 13.6. The van der Waals surface area contributed by atoms with Gasteiger partial charge in [-0.1, -0.05) is 48.5 Å². The van der Waals surface area contributed by atoms with Gasteiger partial charge in [0.2, 0.25) is 0 Å². The molecule has 1 amide bonds. The summed E-state index contributed by atoms with van der Waals surface area (Å²) in [6.07, 6.45) is 4.32. The first-order valence-corrected chi connectivity index (χ1v) is 9.65. The van der Waals surface area contributed by atoms with E-state index in [4.69, 9.17) is 4.42 Å². The van der Waals surface area contributed by atoms with Gasteiger partial charge in [0.15, 0.2) is 17.2 Å². The minimum Gasteiger partial charge on any atom is -0.448 e. The molecule has 5 heteroatoms. The number of nitrogens with zero attached hydrogens (tertiary/aromatic N) is 1. The van der Waals surface area contributed by atoms with E-state index < -0.39 is 5.82 Å². The van der Waals surface area contributed by atoms with E-state index in [9.17, 15) is 9.18 Å². The Kier molecular flexibility index (Phi) is 5.26. The molecule has 0 aliphatic carbocycles. The highest BCUT2D eigenvalue weighted by Gasteiger charge is 2.28. The lowest BCUT2D eigenvalue weighted by molar-refractivity contribution is -0.898. The highest BCUT2D eigenvalue weighted by Crippen LogP contribution is 2.28. The molecule has 2 aromatic carbocycles. The molecule has 0 spiro atoms. The smallest absolute Gasteiger partial charge is 0.290 e. The molecular weight excluding hydrogens is 355 g/mol. The maximum atomic E-state index is 13.9. The monoisotopic (exact) mass is 379 g/mol. The summed E-state index contributed by atoms with van der Waals surface area (Å²) in [5.41, 5.74) is 2.07. The van der Waals surface area contributed by atoms with Gasteiger partial charge >= 0.3 is 0 Å². The van der Waals surface area contributed by atoms with E-state index in [1.807, 2.05) is 30.0 Å². The fraction of sp³-hybridized carbons (Fsp3) is 0.261. The molecule has 4 rings (SSSR count). The zero-order valence-electron chi connectivity index (χ0n) is 16.0. The normalized spacial score (nSPS) is 15.6. The Morgan fingerprint density at radius 1 is 1.14 bits per heavy atom. The fourth-order valence-corrected chi connectivity index (χ4v) is 3.71. The summed E-state index contributed by atoms with van der Waals surface area (Å²) in [5, 5.41) is 0.665. The van der Waals surface area contributed by atoms with Crippen LogP contribution in [0, 0.1) is 12.7 Å². The molecule has 0 unspecified atom stereocenters. The van der Waals surface area contributed by atoms with Gasteiger partial charge in [-0.25, -0.2) is 4.39 Å². The Morgan fingerprint density at radius 2 is 1.89 bits per heavy atom. The lowest BCUT2D eigenvalue weighted by atomic mass is 10.1. The van der Waals surface area contributed by atoms with Crippen LogP contribution in [0.15, 0.2) is 59.0 Å². The number of nitrogens with one attached hydrogen (secondary N) is 1. The van der Waals surface area contributed by atoms with Crippen molar-refractivity contribution in [1.29, 1.82) is 0 Å². The van der Waals surface area contributed by atoms with Crippen molar-refractivity contribution < 1.29 is 18.5 Å². The first-order valence-electron chi connectivity index (χ1n) is 9.65. The third-order valence-electron chi connectivity index (χ3n) is 5.38. The van der Waals surface area contributed by atoms with Crippen LogP contribution < -0.4 is 4.90 Å². The van der Waals surface area contributed by atoms with Crippen LogP contribution in [-0.2, 0) is 0 Å². The number of amides is 1. The summed E-state index contributed by atoms with van der Waals surface area (Å²) in [6.45, 7) is 5.87. The molecule has 144 valence electrons. The number of carbonyl (C=O) groups excluding carboxylic acids is 1. The van der Waals surface area contributed by atoms with E-state index in [0.717, 1.165) is 19.6 Å². The van der Waals surface area contributed by atoms with Crippen molar-refractivity contribution >= 4 is 23.0 Å². The summed E-state index contributed by atoms with van der Waals surface area (Å²) in [4.78, 5) is 16.2. The van der Waals surface area contributed by atoms with Gasteiger partial charge in [0.05, 0.1) is 32.7 Å². The van der Waals surface area contributed by atoms with Gasteiger partial charge in [-0.2, -0.15) is 0 Å². The Labute approximate surface area is 163 Å². The van der Waals surface area contributed by atoms with Crippen LogP contribution in [0.5, 0.6) is 0 Å². The molecular formula is C23H24FN2O2+. The van der Waals surface area contributed by atoms with Gasteiger partial charge in [0, 0.05) is 10.9 Å². The summed E-state index contributed by atoms with van der Waals surface area (Å²) >= 11 is 0. The molecule has 1 aliphatic heterocycles. The van der Waals surface area contributed by atoms with E-state index in [1.165, 1.54) is 16.5 Å². The molecule has 4 nitrogen and oxygen atoms in total. The largest absolute Gasteiger partial charge is 0.448 e. The van der Waals surface area contributed by atoms with Gasteiger partial charge in [0.25, 0.3) is 5.91 Å². The highest BCUT2D eigenvalue weighted by molar-refractivity contribution is 5.99. The van der Waals surface area contributed by atoms with Crippen molar-refractivity contribution in [3.05, 3.63) is 77.3 Å². The molecule has 1 saturated heterocycles. The van der Waals surface area contributed by atoms with Crippen LogP contribution in [0.4, 0.5) is 4.39 Å². The number of benzene rings is 2. The molecule has 0 radical (unpaired) electrons. The summed E-state index contributed by atoms with van der Waals surface area (Å²) in [7, 11) is 0. The van der Waals surface area contributed by atoms with Gasteiger partial charge in [-0.3, -0.25) is 4.79 Å². The maximum absolute atomic E-state index is 13.9. The second kappa shape index (κ2) is 7.98. The molecule has 1 fully saturated rings. The number of para-hydroxylation sites is 1. The minimum absolute atomic E-state index is 0.146. The van der Waals surface area contributed by atoms with Crippen LogP contribution in [0.3, 0.4) is 0 Å². The zero-order chi connectivity index (χ0) is 19.5. The second-order valence-corrected chi connectivity index (χ2v) is 7.23. The molecule has 1 aliphatic rings. The lowest BCUT2D eigenvalue weighted by Crippen LogP contribution is -3.14. The van der Waals surface area contributed by atoms with E-state index in [2.05, 4.69) is 24.3 Å². The van der Waals surface area contributed by atoms with E-state index >= 15 is 0 Å². The second-order valence-electron chi connectivity index (χ2n) is 7.23. The van der Waals surface area contributed by atoms with Gasteiger partial charge in [0.1, 0.15) is 0 Å². The van der Waals surface area contributed by atoms with Crippen molar-refractivity contribution in [2.75, 3.05) is 32.7 Å². The predicted octanol–water partition coefficient (Wildman–Crippen LogP) is 2.93. The van der Waals surface area contributed by atoms with E-state index in [-0.39, 0.29) is 17.3 Å².